The molecule has 0 aliphatic carbocycles. The van der Waals surface area contributed by atoms with E-state index in [0.29, 0.717) is 6.10 Å². The molecule has 1 aliphatic heterocycles. The maximum atomic E-state index is 6.38. The Morgan fingerprint density at radius 2 is 2.05 bits per heavy atom. The Morgan fingerprint density at radius 3 is 2.60 bits per heavy atom. The monoisotopic (exact) mass is 276 g/mol. The van der Waals surface area contributed by atoms with Crippen LogP contribution < -0.4 is 5.73 Å². The van der Waals surface area contributed by atoms with Gasteiger partial charge in [0, 0.05) is 25.2 Å². The van der Waals surface area contributed by atoms with Crippen molar-refractivity contribution in [1.29, 1.82) is 0 Å². The first kappa shape index (κ1) is 15.5. The summed E-state index contributed by atoms with van der Waals surface area (Å²) in [7, 11) is 2.17. The van der Waals surface area contributed by atoms with Crippen LogP contribution in [0.2, 0.25) is 0 Å². The van der Waals surface area contributed by atoms with Crippen molar-refractivity contribution in [3.8, 4) is 0 Å². The Hall–Kier alpha value is -0.900. The molecule has 3 nitrogen and oxygen atoms in total. The SMILES string of the molecule is CCC(N)C(c1ccc(C)cc1)N(C)CC1CCCO1. The fourth-order valence-corrected chi connectivity index (χ4v) is 3.04. The lowest BCUT2D eigenvalue weighted by molar-refractivity contribution is 0.0629. The lowest BCUT2D eigenvalue weighted by atomic mass is 9.95. The van der Waals surface area contributed by atoms with Crippen molar-refractivity contribution in [3.63, 3.8) is 0 Å². The number of ether oxygens (including phenoxy) is 1. The molecule has 1 aromatic carbocycles. The number of benzene rings is 1. The summed E-state index contributed by atoms with van der Waals surface area (Å²) in [6.45, 7) is 6.15. The van der Waals surface area contributed by atoms with Crippen LogP contribution in [-0.4, -0.2) is 37.2 Å². The maximum Gasteiger partial charge on any atom is 0.0702 e. The lowest BCUT2D eigenvalue weighted by Gasteiger charge is -2.34. The van der Waals surface area contributed by atoms with E-state index >= 15 is 0 Å². The van der Waals surface area contributed by atoms with Gasteiger partial charge in [-0.2, -0.15) is 0 Å². The van der Waals surface area contributed by atoms with Gasteiger partial charge >= 0.3 is 0 Å². The third-order valence-corrected chi connectivity index (χ3v) is 4.29. The van der Waals surface area contributed by atoms with Gasteiger partial charge in [-0.25, -0.2) is 0 Å². The highest BCUT2D eigenvalue weighted by atomic mass is 16.5. The topological polar surface area (TPSA) is 38.5 Å². The van der Waals surface area contributed by atoms with Crippen molar-refractivity contribution >= 4 is 0 Å². The van der Waals surface area contributed by atoms with Gasteiger partial charge in [0.05, 0.1) is 6.10 Å². The molecule has 0 bridgehead atoms. The fourth-order valence-electron chi connectivity index (χ4n) is 3.04. The van der Waals surface area contributed by atoms with E-state index < -0.39 is 0 Å². The second-order valence-electron chi connectivity index (χ2n) is 6.00. The molecule has 1 fully saturated rings. The van der Waals surface area contributed by atoms with Gasteiger partial charge in [-0.3, -0.25) is 4.90 Å². The summed E-state index contributed by atoms with van der Waals surface area (Å²) in [4.78, 5) is 2.37. The molecule has 1 saturated heterocycles. The summed E-state index contributed by atoms with van der Waals surface area (Å²) in [5, 5.41) is 0. The predicted octanol–water partition coefficient (Wildman–Crippen LogP) is 2.88. The third-order valence-electron chi connectivity index (χ3n) is 4.29. The Morgan fingerprint density at radius 1 is 1.35 bits per heavy atom. The zero-order valence-electron chi connectivity index (χ0n) is 13.0. The second kappa shape index (κ2) is 7.21. The van der Waals surface area contributed by atoms with Crippen LogP contribution in [0.3, 0.4) is 0 Å². The highest BCUT2D eigenvalue weighted by molar-refractivity contribution is 5.25. The van der Waals surface area contributed by atoms with E-state index in [-0.39, 0.29) is 12.1 Å². The Kier molecular flexibility index (Phi) is 5.58. The van der Waals surface area contributed by atoms with Gasteiger partial charge in [0.15, 0.2) is 0 Å². The minimum Gasteiger partial charge on any atom is -0.377 e. The van der Waals surface area contributed by atoms with Crippen LogP contribution in [0.25, 0.3) is 0 Å². The van der Waals surface area contributed by atoms with E-state index in [0.717, 1.165) is 19.6 Å². The molecule has 0 aromatic heterocycles. The van der Waals surface area contributed by atoms with Gasteiger partial charge < -0.3 is 10.5 Å². The summed E-state index contributed by atoms with van der Waals surface area (Å²) in [5.41, 5.74) is 8.98. The van der Waals surface area contributed by atoms with Crippen molar-refractivity contribution in [3.05, 3.63) is 35.4 Å². The number of hydrogen-bond donors (Lipinski definition) is 1. The number of rotatable bonds is 6. The molecule has 2 N–H and O–H groups in total. The van der Waals surface area contributed by atoms with E-state index in [2.05, 4.69) is 50.1 Å². The number of nitrogens with zero attached hydrogens (tertiary/aromatic N) is 1. The summed E-state index contributed by atoms with van der Waals surface area (Å²) in [6, 6.07) is 9.19. The molecule has 3 heteroatoms. The van der Waals surface area contributed by atoms with Crippen molar-refractivity contribution in [2.75, 3.05) is 20.2 Å². The van der Waals surface area contributed by atoms with Crippen LogP contribution in [0.4, 0.5) is 0 Å². The molecule has 1 aromatic rings. The average Bonchev–Trinajstić information content (AvgIpc) is 2.94. The Bertz CT molecular complexity index is 398. The highest BCUT2D eigenvalue weighted by Crippen LogP contribution is 2.26. The average molecular weight is 276 g/mol. The van der Waals surface area contributed by atoms with Gasteiger partial charge in [-0.1, -0.05) is 36.8 Å². The standard InChI is InChI=1S/C17H28N2O/c1-4-16(18)17(14-9-7-13(2)8-10-14)19(3)12-15-6-5-11-20-15/h7-10,15-17H,4-6,11-12,18H2,1-3H3. The molecule has 2 rings (SSSR count). The molecule has 0 amide bonds. The van der Waals surface area contributed by atoms with Crippen molar-refractivity contribution < 1.29 is 4.74 Å². The molecule has 3 unspecified atom stereocenters. The molecule has 0 radical (unpaired) electrons. The molecular weight excluding hydrogens is 248 g/mol. The number of aryl methyl sites for hydroxylation is 1. The smallest absolute Gasteiger partial charge is 0.0702 e. The van der Waals surface area contributed by atoms with E-state index in [1.807, 2.05) is 0 Å². The van der Waals surface area contributed by atoms with Gasteiger partial charge in [0.25, 0.3) is 0 Å². The fraction of sp³-hybridized carbons (Fsp3) is 0.647. The molecule has 1 aliphatic rings. The summed E-state index contributed by atoms with van der Waals surface area (Å²) in [6.07, 6.45) is 3.71. The Labute approximate surface area is 123 Å². The lowest BCUT2D eigenvalue weighted by Crippen LogP contribution is -2.41. The van der Waals surface area contributed by atoms with Crippen molar-refractivity contribution in [2.45, 2.75) is 51.3 Å². The zero-order chi connectivity index (χ0) is 14.5. The van der Waals surface area contributed by atoms with Crippen LogP contribution in [-0.2, 0) is 4.74 Å². The first-order valence-corrected chi connectivity index (χ1v) is 7.75. The molecule has 3 atom stereocenters. The molecule has 0 spiro atoms. The quantitative estimate of drug-likeness (QED) is 0.868. The van der Waals surface area contributed by atoms with E-state index in [1.54, 1.807) is 0 Å². The zero-order valence-corrected chi connectivity index (χ0v) is 13.0. The van der Waals surface area contributed by atoms with Crippen LogP contribution in [0.15, 0.2) is 24.3 Å². The third kappa shape index (κ3) is 3.81. The molecule has 20 heavy (non-hydrogen) atoms. The first-order valence-electron chi connectivity index (χ1n) is 7.75. The maximum absolute atomic E-state index is 6.38. The molecule has 1 heterocycles. The minimum atomic E-state index is 0.157. The second-order valence-corrected chi connectivity index (χ2v) is 6.00. The predicted molar refractivity (Wildman–Crippen MR) is 83.8 cm³/mol. The summed E-state index contributed by atoms with van der Waals surface area (Å²) in [5.74, 6) is 0. The number of hydrogen-bond acceptors (Lipinski definition) is 3. The van der Waals surface area contributed by atoms with Gasteiger partial charge in [-0.05, 0) is 38.8 Å². The van der Waals surface area contributed by atoms with Crippen LogP contribution in [0.5, 0.6) is 0 Å². The summed E-state index contributed by atoms with van der Waals surface area (Å²) < 4.78 is 5.76. The summed E-state index contributed by atoms with van der Waals surface area (Å²) >= 11 is 0. The Balaban J connectivity index is 2.11. The first-order chi connectivity index (χ1) is 9.61. The molecule has 0 saturated carbocycles. The molecular formula is C17H28N2O. The van der Waals surface area contributed by atoms with Crippen molar-refractivity contribution in [1.82, 2.24) is 4.90 Å². The highest BCUT2D eigenvalue weighted by Gasteiger charge is 2.26. The largest absolute Gasteiger partial charge is 0.377 e. The van der Waals surface area contributed by atoms with Gasteiger partial charge in [0.2, 0.25) is 0 Å². The van der Waals surface area contributed by atoms with Crippen LogP contribution in [0, 0.1) is 6.92 Å². The minimum absolute atomic E-state index is 0.157. The van der Waals surface area contributed by atoms with Gasteiger partial charge in [-0.15, -0.1) is 0 Å². The van der Waals surface area contributed by atoms with Crippen LogP contribution in [0.1, 0.15) is 43.4 Å². The van der Waals surface area contributed by atoms with E-state index in [1.165, 1.54) is 24.0 Å². The van der Waals surface area contributed by atoms with Gasteiger partial charge in [0.1, 0.15) is 0 Å². The van der Waals surface area contributed by atoms with Crippen LogP contribution >= 0.6 is 0 Å². The van der Waals surface area contributed by atoms with E-state index in [4.69, 9.17) is 10.5 Å². The number of nitrogens with two attached hydrogens (primary N) is 1. The van der Waals surface area contributed by atoms with Crippen molar-refractivity contribution in [2.24, 2.45) is 5.73 Å². The molecule has 112 valence electrons. The van der Waals surface area contributed by atoms with E-state index in [9.17, 15) is 0 Å². The number of likely N-dealkylation sites (N-methyl/N-ethyl adjacent to an activating group) is 1. The normalized spacial score (nSPS) is 22.1.